The van der Waals surface area contributed by atoms with Crippen molar-refractivity contribution in [1.82, 2.24) is 10.6 Å². The first-order chi connectivity index (χ1) is 6.86. The van der Waals surface area contributed by atoms with Gasteiger partial charge in [-0.3, -0.25) is 9.80 Å². The van der Waals surface area contributed by atoms with Gasteiger partial charge < -0.3 is 4.84 Å². The molecule has 1 heterocycles. The lowest BCUT2D eigenvalue weighted by Crippen LogP contribution is -2.32. The lowest BCUT2D eigenvalue weighted by molar-refractivity contribution is 0.0351. The Kier molecular flexibility index (Phi) is 2.46. The third kappa shape index (κ3) is 1.92. The fourth-order valence-corrected chi connectivity index (χ4v) is 1.19. The second-order valence-electron chi connectivity index (χ2n) is 2.91. The number of ketones is 1. The van der Waals surface area contributed by atoms with Crippen LogP contribution in [0.15, 0.2) is 42.8 Å². The van der Waals surface area contributed by atoms with Gasteiger partial charge in [-0.25, -0.2) is 0 Å². The van der Waals surface area contributed by atoms with E-state index >= 15 is 0 Å². The Hall–Kier alpha value is -1.81. The summed E-state index contributed by atoms with van der Waals surface area (Å²) in [6.07, 6.45) is 3.15. The summed E-state index contributed by atoms with van der Waals surface area (Å²) in [5.74, 6) is 0.0493. The minimum Gasteiger partial charge on any atom is -0.395 e. The molecule has 72 valence electrons. The van der Waals surface area contributed by atoms with Crippen molar-refractivity contribution in [2.75, 3.05) is 6.54 Å². The Morgan fingerprint density at radius 3 is 2.79 bits per heavy atom. The normalized spacial score (nSPS) is 14.1. The number of carbonyl (C=O) groups excluding carboxylic acids is 1. The minimum absolute atomic E-state index is 0.0493. The smallest absolute Gasteiger partial charge is 0.183 e. The number of Topliss-reactive ketones (excluding diaryl/α,β-unsaturated/α-hetero) is 1. The maximum atomic E-state index is 11.6. The molecule has 1 aromatic carbocycles. The van der Waals surface area contributed by atoms with E-state index in [2.05, 4.69) is 5.59 Å². The molecule has 0 unspecified atom stereocenters. The monoisotopic (exact) mass is 190 g/mol. The zero-order chi connectivity index (χ0) is 9.80. The van der Waals surface area contributed by atoms with Crippen molar-refractivity contribution in [3.05, 3.63) is 48.4 Å². The first kappa shape index (κ1) is 8.77. The van der Waals surface area contributed by atoms with Crippen LogP contribution >= 0.6 is 0 Å². The number of carbonyl (C=O) groups is 1. The highest BCUT2D eigenvalue weighted by molar-refractivity contribution is 5.97. The van der Waals surface area contributed by atoms with Crippen LogP contribution in [0.1, 0.15) is 10.4 Å². The van der Waals surface area contributed by atoms with Crippen molar-refractivity contribution in [2.24, 2.45) is 0 Å². The van der Waals surface area contributed by atoms with Crippen molar-refractivity contribution < 1.29 is 9.63 Å². The van der Waals surface area contributed by atoms with E-state index in [1.54, 1.807) is 23.3 Å². The molecule has 0 amide bonds. The highest BCUT2D eigenvalue weighted by Gasteiger charge is 2.11. The molecule has 0 bridgehead atoms. The molecular weight excluding hydrogens is 180 g/mol. The summed E-state index contributed by atoms with van der Waals surface area (Å²) in [7, 11) is 0. The fourth-order valence-electron chi connectivity index (χ4n) is 1.19. The molecule has 0 saturated heterocycles. The SMILES string of the molecule is O=C(CN1C=CON1)c1ccccc1. The molecule has 0 spiro atoms. The zero-order valence-corrected chi connectivity index (χ0v) is 7.51. The van der Waals surface area contributed by atoms with Gasteiger partial charge in [-0.2, -0.15) is 0 Å². The van der Waals surface area contributed by atoms with E-state index in [9.17, 15) is 4.79 Å². The predicted octanol–water partition coefficient (Wildman–Crippen LogP) is 1.09. The summed E-state index contributed by atoms with van der Waals surface area (Å²) in [6.45, 7) is 0.264. The zero-order valence-electron chi connectivity index (χ0n) is 7.51. The second kappa shape index (κ2) is 3.93. The molecule has 0 aromatic heterocycles. The number of nitrogens with zero attached hydrogens (tertiary/aromatic N) is 1. The third-order valence-corrected chi connectivity index (χ3v) is 1.89. The standard InChI is InChI=1S/C10H10N2O2/c13-10(8-12-6-7-14-11-12)9-4-2-1-3-5-9/h1-7,11H,8H2. The minimum atomic E-state index is 0.0493. The molecule has 0 saturated carbocycles. The molecule has 0 aliphatic carbocycles. The molecule has 1 aromatic rings. The molecule has 4 heteroatoms. The Bertz CT molecular complexity index is 348. The maximum Gasteiger partial charge on any atom is 0.183 e. The number of hydrogen-bond donors (Lipinski definition) is 1. The van der Waals surface area contributed by atoms with Gasteiger partial charge in [-0.15, -0.1) is 0 Å². The van der Waals surface area contributed by atoms with Gasteiger partial charge in [0.15, 0.2) is 5.78 Å². The van der Waals surface area contributed by atoms with E-state index in [-0.39, 0.29) is 12.3 Å². The van der Waals surface area contributed by atoms with Crippen molar-refractivity contribution >= 4 is 5.78 Å². The van der Waals surface area contributed by atoms with Crippen LogP contribution in [0.3, 0.4) is 0 Å². The van der Waals surface area contributed by atoms with Crippen molar-refractivity contribution in [3.63, 3.8) is 0 Å². The highest BCUT2D eigenvalue weighted by atomic mass is 16.7. The molecule has 2 rings (SSSR count). The predicted molar refractivity (Wildman–Crippen MR) is 50.8 cm³/mol. The van der Waals surface area contributed by atoms with E-state index < -0.39 is 0 Å². The van der Waals surface area contributed by atoms with Crippen LogP contribution < -0.4 is 5.59 Å². The number of benzene rings is 1. The molecule has 0 radical (unpaired) electrons. The van der Waals surface area contributed by atoms with E-state index in [1.165, 1.54) is 6.26 Å². The van der Waals surface area contributed by atoms with Gasteiger partial charge >= 0.3 is 0 Å². The molecule has 1 aliphatic rings. The van der Waals surface area contributed by atoms with Gasteiger partial charge in [0, 0.05) is 5.56 Å². The Labute approximate surface area is 81.7 Å². The van der Waals surface area contributed by atoms with Gasteiger partial charge in [0.1, 0.15) is 12.8 Å². The van der Waals surface area contributed by atoms with Gasteiger partial charge in [-0.05, 0) is 0 Å². The summed E-state index contributed by atoms with van der Waals surface area (Å²) in [5, 5.41) is 1.58. The topological polar surface area (TPSA) is 41.6 Å². The van der Waals surface area contributed by atoms with E-state index in [0.29, 0.717) is 5.56 Å². The first-order valence-electron chi connectivity index (χ1n) is 4.29. The Morgan fingerprint density at radius 2 is 2.14 bits per heavy atom. The van der Waals surface area contributed by atoms with Crippen molar-refractivity contribution in [2.45, 2.75) is 0 Å². The fraction of sp³-hybridized carbons (Fsp3) is 0.100. The lowest BCUT2D eigenvalue weighted by Gasteiger charge is -2.12. The molecule has 4 nitrogen and oxygen atoms in total. The number of hydrogen-bond acceptors (Lipinski definition) is 4. The first-order valence-corrected chi connectivity index (χ1v) is 4.29. The molecule has 14 heavy (non-hydrogen) atoms. The average molecular weight is 190 g/mol. The van der Waals surface area contributed by atoms with E-state index in [0.717, 1.165) is 0 Å². The van der Waals surface area contributed by atoms with Gasteiger partial charge in [0.2, 0.25) is 0 Å². The van der Waals surface area contributed by atoms with Crippen LogP contribution in [0.25, 0.3) is 0 Å². The number of rotatable bonds is 3. The number of hydrazine groups is 1. The number of nitrogens with one attached hydrogen (secondary N) is 1. The summed E-state index contributed by atoms with van der Waals surface area (Å²) < 4.78 is 0. The Balaban J connectivity index is 1.99. The van der Waals surface area contributed by atoms with E-state index in [1.807, 2.05) is 18.2 Å². The van der Waals surface area contributed by atoms with Crippen LogP contribution in [-0.4, -0.2) is 17.3 Å². The molecule has 1 N–H and O–H groups in total. The van der Waals surface area contributed by atoms with Crippen LogP contribution in [0.5, 0.6) is 0 Å². The summed E-state index contributed by atoms with van der Waals surface area (Å²) in [6, 6.07) is 9.16. The van der Waals surface area contributed by atoms with Crippen LogP contribution in [0.2, 0.25) is 0 Å². The molecular formula is C10H10N2O2. The highest BCUT2D eigenvalue weighted by Crippen LogP contribution is 2.02. The molecule has 0 fully saturated rings. The van der Waals surface area contributed by atoms with Gasteiger partial charge in [-0.1, -0.05) is 35.9 Å². The van der Waals surface area contributed by atoms with Gasteiger partial charge in [0.05, 0.1) is 6.20 Å². The summed E-state index contributed by atoms with van der Waals surface area (Å²) in [5.41, 5.74) is 3.26. The molecule has 0 atom stereocenters. The van der Waals surface area contributed by atoms with Crippen LogP contribution in [-0.2, 0) is 4.84 Å². The third-order valence-electron chi connectivity index (χ3n) is 1.89. The Morgan fingerprint density at radius 1 is 1.36 bits per heavy atom. The van der Waals surface area contributed by atoms with Crippen molar-refractivity contribution in [3.8, 4) is 0 Å². The molecule has 1 aliphatic heterocycles. The average Bonchev–Trinajstić information content (AvgIpc) is 2.72. The summed E-state index contributed by atoms with van der Waals surface area (Å²) >= 11 is 0. The van der Waals surface area contributed by atoms with Crippen LogP contribution in [0.4, 0.5) is 0 Å². The van der Waals surface area contributed by atoms with E-state index in [4.69, 9.17) is 4.84 Å². The van der Waals surface area contributed by atoms with Crippen LogP contribution in [0, 0.1) is 0 Å². The lowest BCUT2D eigenvalue weighted by atomic mass is 10.1. The summed E-state index contributed by atoms with van der Waals surface area (Å²) in [4.78, 5) is 16.4. The van der Waals surface area contributed by atoms with Crippen molar-refractivity contribution in [1.29, 1.82) is 0 Å². The maximum absolute atomic E-state index is 11.6. The second-order valence-corrected chi connectivity index (χ2v) is 2.91. The largest absolute Gasteiger partial charge is 0.395 e. The van der Waals surface area contributed by atoms with Gasteiger partial charge in [0.25, 0.3) is 0 Å². The quantitative estimate of drug-likeness (QED) is 0.724.